The van der Waals surface area contributed by atoms with Gasteiger partial charge in [0.2, 0.25) is 0 Å². The highest BCUT2D eigenvalue weighted by molar-refractivity contribution is 5.77. The summed E-state index contributed by atoms with van der Waals surface area (Å²) < 4.78 is 10.7. The molecule has 0 radical (unpaired) electrons. The van der Waals surface area contributed by atoms with E-state index in [1.54, 1.807) is 7.11 Å². The first kappa shape index (κ1) is 13.1. The van der Waals surface area contributed by atoms with E-state index in [0.717, 1.165) is 37.5 Å². The standard InChI is InChI=1S/C15H21NO2/c1-17-10-6-2-5-9-16-12-14-11-13-7-3-4-8-15(13)18-14/h3-4,7-8,11,16H,2,5-6,9-10,12H2,1H3. The summed E-state index contributed by atoms with van der Waals surface area (Å²) in [5, 5.41) is 4.58. The van der Waals surface area contributed by atoms with Crippen molar-refractivity contribution in [2.75, 3.05) is 20.3 Å². The molecule has 0 saturated carbocycles. The molecular weight excluding hydrogens is 226 g/mol. The van der Waals surface area contributed by atoms with Crippen LogP contribution in [0.25, 0.3) is 11.0 Å². The molecule has 1 heterocycles. The zero-order valence-electron chi connectivity index (χ0n) is 10.9. The van der Waals surface area contributed by atoms with Gasteiger partial charge in [0.25, 0.3) is 0 Å². The second-order valence-corrected chi connectivity index (χ2v) is 4.48. The summed E-state index contributed by atoms with van der Waals surface area (Å²) in [7, 11) is 1.75. The summed E-state index contributed by atoms with van der Waals surface area (Å²) in [5.41, 5.74) is 0.967. The smallest absolute Gasteiger partial charge is 0.134 e. The van der Waals surface area contributed by atoms with Crippen molar-refractivity contribution >= 4 is 11.0 Å². The van der Waals surface area contributed by atoms with Gasteiger partial charge in [-0.2, -0.15) is 0 Å². The predicted octanol–water partition coefficient (Wildman–Crippen LogP) is 3.34. The Morgan fingerprint density at radius 3 is 2.89 bits per heavy atom. The first-order chi connectivity index (χ1) is 8.90. The summed E-state index contributed by atoms with van der Waals surface area (Å²) in [5.74, 6) is 1.01. The Labute approximate surface area is 108 Å². The molecule has 0 aliphatic heterocycles. The van der Waals surface area contributed by atoms with Gasteiger partial charge in [-0.25, -0.2) is 0 Å². The van der Waals surface area contributed by atoms with Gasteiger partial charge >= 0.3 is 0 Å². The molecule has 1 N–H and O–H groups in total. The molecule has 0 saturated heterocycles. The highest BCUT2D eigenvalue weighted by atomic mass is 16.5. The van der Waals surface area contributed by atoms with Gasteiger partial charge in [-0.15, -0.1) is 0 Å². The molecule has 0 aliphatic rings. The highest BCUT2D eigenvalue weighted by Crippen LogP contribution is 2.18. The minimum absolute atomic E-state index is 0.805. The SMILES string of the molecule is COCCCCCNCc1cc2ccccc2o1. The van der Waals surface area contributed by atoms with E-state index < -0.39 is 0 Å². The normalized spacial score (nSPS) is 11.2. The van der Waals surface area contributed by atoms with Crippen LogP contribution in [0.4, 0.5) is 0 Å². The number of methoxy groups -OCH3 is 1. The predicted molar refractivity (Wildman–Crippen MR) is 73.6 cm³/mol. The van der Waals surface area contributed by atoms with Crippen molar-refractivity contribution in [3.05, 3.63) is 36.1 Å². The van der Waals surface area contributed by atoms with Crippen molar-refractivity contribution in [2.24, 2.45) is 0 Å². The van der Waals surface area contributed by atoms with Crippen molar-refractivity contribution < 1.29 is 9.15 Å². The number of furan rings is 1. The Balaban J connectivity index is 1.67. The first-order valence-corrected chi connectivity index (χ1v) is 6.57. The van der Waals surface area contributed by atoms with Crippen LogP contribution >= 0.6 is 0 Å². The maximum absolute atomic E-state index is 5.73. The van der Waals surface area contributed by atoms with E-state index in [4.69, 9.17) is 9.15 Å². The summed E-state index contributed by atoms with van der Waals surface area (Å²) in [4.78, 5) is 0. The lowest BCUT2D eigenvalue weighted by Crippen LogP contribution is -2.14. The molecule has 1 aromatic heterocycles. The van der Waals surface area contributed by atoms with Gasteiger partial charge in [0.05, 0.1) is 6.54 Å². The number of ether oxygens (including phenoxy) is 1. The van der Waals surface area contributed by atoms with Crippen molar-refractivity contribution in [3.8, 4) is 0 Å². The van der Waals surface area contributed by atoms with Gasteiger partial charge in [-0.05, 0) is 37.9 Å². The van der Waals surface area contributed by atoms with Crippen LogP contribution < -0.4 is 5.32 Å². The van der Waals surface area contributed by atoms with Crippen molar-refractivity contribution in [1.29, 1.82) is 0 Å². The van der Waals surface area contributed by atoms with Crippen molar-refractivity contribution in [2.45, 2.75) is 25.8 Å². The largest absolute Gasteiger partial charge is 0.460 e. The number of para-hydroxylation sites is 1. The number of hydrogen-bond acceptors (Lipinski definition) is 3. The molecule has 1 aromatic carbocycles. The van der Waals surface area contributed by atoms with Gasteiger partial charge in [0.1, 0.15) is 11.3 Å². The van der Waals surface area contributed by atoms with Crippen LogP contribution in [0.5, 0.6) is 0 Å². The third-order valence-electron chi connectivity index (χ3n) is 2.98. The molecule has 0 amide bonds. The number of benzene rings is 1. The molecule has 2 aromatic rings. The quantitative estimate of drug-likeness (QED) is 0.726. The third-order valence-corrected chi connectivity index (χ3v) is 2.98. The second-order valence-electron chi connectivity index (χ2n) is 4.48. The Morgan fingerprint density at radius 1 is 1.17 bits per heavy atom. The molecule has 3 nitrogen and oxygen atoms in total. The number of hydrogen-bond donors (Lipinski definition) is 1. The molecular formula is C15H21NO2. The Kier molecular flexibility index (Phi) is 5.24. The van der Waals surface area contributed by atoms with Crippen LogP contribution in [0, 0.1) is 0 Å². The van der Waals surface area contributed by atoms with Crippen LogP contribution in [0.1, 0.15) is 25.0 Å². The van der Waals surface area contributed by atoms with E-state index in [1.165, 1.54) is 18.2 Å². The minimum Gasteiger partial charge on any atom is -0.460 e. The topological polar surface area (TPSA) is 34.4 Å². The average Bonchev–Trinajstić information content (AvgIpc) is 2.80. The van der Waals surface area contributed by atoms with E-state index in [0.29, 0.717) is 0 Å². The van der Waals surface area contributed by atoms with E-state index in [2.05, 4.69) is 17.4 Å². The molecule has 3 heteroatoms. The molecule has 0 bridgehead atoms. The monoisotopic (exact) mass is 247 g/mol. The summed E-state index contributed by atoms with van der Waals surface area (Å²) in [6.07, 6.45) is 3.54. The van der Waals surface area contributed by atoms with E-state index in [-0.39, 0.29) is 0 Å². The molecule has 98 valence electrons. The minimum atomic E-state index is 0.805. The number of nitrogens with one attached hydrogen (secondary N) is 1. The second kappa shape index (κ2) is 7.19. The molecule has 0 atom stereocenters. The van der Waals surface area contributed by atoms with Gasteiger partial charge in [0.15, 0.2) is 0 Å². The lowest BCUT2D eigenvalue weighted by Gasteiger charge is -2.02. The van der Waals surface area contributed by atoms with Crippen LogP contribution in [-0.2, 0) is 11.3 Å². The first-order valence-electron chi connectivity index (χ1n) is 6.57. The summed E-state index contributed by atoms with van der Waals surface area (Å²) in [6, 6.07) is 10.2. The van der Waals surface area contributed by atoms with Gasteiger partial charge in [0, 0.05) is 19.1 Å². The molecule has 0 unspecified atom stereocenters. The molecule has 18 heavy (non-hydrogen) atoms. The van der Waals surface area contributed by atoms with Crippen molar-refractivity contribution in [1.82, 2.24) is 5.32 Å². The highest BCUT2D eigenvalue weighted by Gasteiger charge is 2.01. The maximum Gasteiger partial charge on any atom is 0.134 e. The Bertz CT molecular complexity index is 431. The van der Waals surface area contributed by atoms with Crippen LogP contribution in [0.15, 0.2) is 34.7 Å². The van der Waals surface area contributed by atoms with E-state index in [1.807, 2.05) is 18.2 Å². The van der Waals surface area contributed by atoms with Crippen LogP contribution in [-0.4, -0.2) is 20.3 Å². The Hall–Kier alpha value is -1.32. The fourth-order valence-electron chi connectivity index (χ4n) is 2.01. The average molecular weight is 247 g/mol. The zero-order valence-corrected chi connectivity index (χ0v) is 10.9. The lowest BCUT2D eigenvalue weighted by atomic mass is 10.2. The maximum atomic E-state index is 5.73. The van der Waals surface area contributed by atoms with E-state index >= 15 is 0 Å². The molecule has 0 aliphatic carbocycles. The fourth-order valence-corrected chi connectivity index (χ4v) is 2.01. The Morgan fingerprint density at radius 2 is 2.06 bits per heavy atom. The van der Waals surface area contributed by atoms with Gasteiger partial charge < -0.3 is 14.5 Å². The zero-order chi connectivity index (χ0) is 12.6. The van der Waals surface area contributed by atoms with Crippen LogP contribution in [0.3, 0.4) is 0 Å². The van der Waals surface area contributed by atoms with Crippen LogP contribution in [0.2, 0.25) is 0 Å². The number of rotatable bonds is 8. The van der Waals surface area contributed by atoms with Gasteiger partial charge in [-0.3, -0.25) is 0 Å². The molecule has 0 spiro atoms. The van der Waals surface area contributed by atoms with Crippen molar-refractivity contribution in [3.63, 3.8) is 0 Å². The molecule has 2 rings (SSSR count). The molecule has 0 fully saturated rings. The fraction of sp³-hybridized carbons (Fsp3) is 0.467. The van der Waals surface area contributed by atoms with Gasteiger partial charge in [-0.1, -0.05) is 18.2 Å². The third kappa shape index (κ3) is 3.86. The summed E-state index contributed by atoms with van der Waals surface area (Å²) >= 11 is 0. The van der Waals surface area contributed by atoms with E-state index in [9.17, 15) is 0 Å². The summed E-state index contributed by atoms with van der Waals surface area (Å²) in [6.45, 7) is 2.70. The number of fused-ring (bicyclic) bond motifs is 1. The lowest BCUT2D eigenvalue weighted by molar-refractivity contribution is 0.192. The number of unbranched alkanes of at least 4 members (excludes halogenated alkanes) is 2.